The number of hydrogen-bond donors (Lipinski definition) is 2. The van der Waals surface area contributed by atoms with Gasteiger partial charge in [-0.15, -0.1) is 0 Å². The summed E-state index contributed by atoms with van der Waals surface area (Å²) in [6.45, 7) is 1.11. The lowest BCUT2D eigenvalue weighted by Gasteiger charge is -2.20. The molecule has 1 rings (SSSR count). The Kier molecular flexibility index (Phi) is 6.58. The van der Waals surface area contributed by atoms with Gasteiger partial charge in [-0.1, -0.05) is 0 Å². The van der Waals surface area contributed by atoms with Crippen LogP contribution in [0.15, 0.2) is 18.2 Å². The van der Waals surface area contributed by atoms with Crippen molar-refractivity contribution < 1.29 is 40.5 Å². The van der Waals surface area contributed by atoms with Gasteiger partial charge in [0.15, 0.2) is 0 Å². The lowest BCUT2D eigenvalue weighted by Crippen LogP contribution is -2.49. The highest BCUT2D eigenvalue weighted by molar-refractivity contribution is 14.1. The van der Waals surface area contributed by atoms with Gasteiger partial charge in [0.1, 0.15) is 17.5 Å². The van der Waals surface area contributed by atoms with E-state index in [4.69, 9.17) is 9.29 Å². The third-order valence-corrected chi connectivity index (χ3v) is 4.17. The van der Waals surface area contributed by atoms with Crippen molar-refractivity contribution in [3.05, 3.63) is 27.3 Å². The first-order chi connectivity index (χ1) is 10.8. The van der Waals surface area contributed by atoms with Crippen LogP contribution >= 0.6 is 22.6 Å². The minimum absolute atomic E-state index is 0.0333. The van der Waals surface area contributed by atoms with Gasteiger partial charge in [-0.05, 0) is 40.8 Å². The second-order valence-electron chi connectivity index (χ2n) is 4.56. The van der Waals surface area contributed by atoms with Gasteiger partial charge in [0.05, 0.1) is 3.57 Å². The number of carbonyl (C=O) groups excluding carboxylic acids is 2. The fourth-order valence-corrected chi connectivity index (χ4v) is 2.69. The molecule has 0 aromatic heterocycles. The van der Waals surface area contributed by atoms with Gasteiger partial charge in [-0.3, -0.25) is 14.1 Å². The Hall–Kier alpha value is -1.41. The predicted molar refractivity (Wildman–Crippen MR) is 84.2 cm³/mol. The summed E-state index contributed by atoms with van der Waals surface area (Å²) >= 11 is 1.79. The first-order valence-electron chi connectivity index (χ1n) is 6.10. The van der Waals surface area contributed by atoms with Crippen LogP contribution < -0.4 is 10.1 Å². The van der Waals surface area contributed by atoms with Gasteiger partial charge < -0.3 is 10.1 Å². The topological polar surface area (TPSA) is 110 Å². The molecule has 24 heavy (non-hydrogen) atoms. The van der Waals surface area contributed by atoms with Crippen molar-refractivity contribution in [2.75, 3.05) is 5.75 Å². The van der Waals surface area contributed by atoms with Crippen molar-refractivity contribution >= 4 is 44.6 Å². The van der Waals surface area contributed by atoms with Crippen molar-refractivity contribution in [3.63, 3.8) is 0 Å². The summed E-state index contributed by atoms with van der Waals surface area (Å²) in [6, 6.07) is 0.750. The molecule has 0 heterocycles. The number of alkyl halides is 3. The quantitative estimate of drug-likeness (QED) is 0.287. The van der Waals surface area contributed by atoms with Crippen LogP contribution in [0.4, 0.5) is 13.2 Å². The van der Waals surface area contributed by atoms with Crippen LogP contribution in [-0.4, -0.2) is 42.8 Å². The molecule has 1 aromatic carbocycles. The molecule has 0 aliphatic rings. The van der Waals surface area contributed by atoms with Gasteiger partial charge in [-0.2, -0.15) is 21.6 Å². The number of halogens is 4. The average molecular weight is 481 g/mol. The molecule has 0 spiro atoms. The molecule has 1 aromatic rings. The third kappa shape index (κ3) is 6.60. The average Bonchev–Trinajstić information content (AvgIpc) is 2.37. The molecule has 7 nitrogen and oxygen atoms in total. The number of amides is 1. The minimum atomic E-state index is -5.09. The third-order valence-electron chi connectivity index (χ3n) is 2.52. The zero-order valence-corrected chi connectivity index (χ0v) is 14.9. The Morgan fingerprint density at radius 3 is 2.42 bits per heavy atom. The molecular weight excluding hydrogens is 470 g/mol. The van der Waals surface area contributed by atoms with E-state index in [0.29, 0.717) is 3.57 Å². The van der Waals surface area contributed by atoms with Crippen molar-refractivity contribution in [1.29, 1.82) is 0 Å². The predicted octanol–water partition coefficient (Wildman–Crippen LogP) is 1.77. The summed E-state index contributed by atoms with van der Waals surface area (Å²) in [5.41, 5.74) is -0.281. The second-order valence-corrected chi connectivity index (χ2v) is 7.21. The van der Waals surface area contributed by atoms with E-state index < -0.39 is 40.0 Å². The van der Waals surface area contributed by atoms with Gasteiger partial charge in [-0.25, -0.2) is 0 Å². The highest BCUT2D eigenvalue weighted by Gasteiger charge is 2.43. The van der Waals surface area contributed by atoms with E-state index in [2.05, 4.69) is 0 Å². The van der Waals surface area contributed by atoms with E-state index in [9.17, 15) is 31.2 Å². The molecule has 0 bridgehead atoms. The van der Waals surface area contributed by atoms with Gasteiger partial charge in [0.25, 0.3) is 16.0 Å². The van der Waals surface area contributed by atoms with Crippen molar-refractivity contribution in [1.82, 2.24) is 5.32 Å². The molecule has 0 aliphatic heterocycles. The molecule has 1 amide bonds. The number of nitrogens with one attached hydrogen (secondary N) is 1. The van der Waals surface area contributed by atoms with Crippen LogP contribution in [0, 0.1) is 3.57 Å². The van der Waals surface area contributed by atoms with E-state index in [-0.39, 0.29) is 11.3 Å². The Bertz CT molecular complexity index is 750. The number of benzene rings is 1. The highest BCUT2D eigenvalue weighted by atomic mass is 127. The van der Waals surface area contributed by atoms with E-state index in [1.54, 1.807) is 22.6 Å². The first kappa shape index (κ1) is 20.6. The summed E-state index contributed by atoms with van der Waals surface area (Å²) in [7, 11) is -4.97. The standard InChI is InChI=1S/C12H11F3INO6S/c1-6(18)23-9-4-7(2-3-8(9)16)11(19)17-10(12(13,14)15)5-24(20,21)22/h2-4,10H,5H2,1H3,(H,17,19)(H,20,21,22). The summed E-state index contributed by atoms with van der Waals surface area (Å²) in [6.07, 6.45) is -5.09. The van der Waals surface area contributed by atoms with Crippen LogP contribution in [0.2, 0.25) is 0 Å². The second kappa shape index (κ2) is 7.65. The highest BCUT2D eigenvalue weighted by Crippen LogP contribution is 2.24. The summed E-state index contributed by atoms with van der Waals surface area (Å²) in [5.74, 6) is -3.69. The number of rotatable bonds is 5. The number of carbonyl (C=O) groups is 2. The maximum atomic E-state index is 12.8. The Morgan fingerprint density at radius 2 is 1.96 bits per heavy atom. The SMILES string of the molecule is CC(=O)Oc1cc(C(=O)NC(CS(=O)(=O)O)C(F)(F)F)ccc1I. The van der Waals surface area contributed by atoms with Crippen LogP contribution in [0.5, 0.6) is 5.75 Å². The zero-order chi connectivity index (χ0) is 18.7. The van der Waals surface area contributed by atoms with Crippen LogP contribution in [-0.2, 0) is 14.9 Å². The molecule has 2 N–H and O–H groups in total. The molecule has 12 heteroatoms. The van der Waals surface area contributed by atoms with Crippen molar-refractivity contribution in [3.8, 4) is 5.75 Å². The van der Waals surface area contributed by atoms with E-state index >= 15 is 0 Å². The minimum Gasteiger partial charge on any atom is -0.426 e. The number of ether oxygens (including phenoxy) is 1. The molecule has 1 unspecified atom stereocenters. The van der Waals surface area contributed by atoms with Gasteiger partial charge in [0, 0.05) is 12.5 Å². The smallest absolute Gasteiger partial charge is 0.409 e. The molecule has 0 saturated carbocycles. The Balaban J connectivity index is 3.05. The normalized spacial score (nSPS) is 13.2. The lowest BCUT2D eigenvalue weighted by atomic mass is 10.2. The summed E-state index contributed by atoms with van der Waals surface area (Å²) in [5, 5.41) is 1.48. The number of esters is 1. The molecule has 0 radical (unpaired) electrons. The molecular formula is C12H11F3INO6S. The first-order valence-corrected chi connectivity index (χ1v) is 8.79. The summed E-state index contributed by atoms with van der Waals surface area (Å²) < 4.78 is 73.5. The largest absolute Gasteiger partial charge is 0.426 e. The van der Waals surface area contributed by atoms with Crippen molar-refractivity contribution in [2.24, 2.45) is 0 Å². The van der Waals surface area contributed by atoms with Crippen molar-refractivity contribution in [2.45, 2.75) is 19.1 Å². The van der Waals surface area contributed by atoms with Crippen LogP contribution in [0.3, 0.4) is 0 Å². The van der Waals surface area contributed by atoms with E-state index in [1.165, 1.54) is 17.4 Å². The monoisotopic (exact) mass is 481 g/mol. The molecule has 0 aliphatic carbocycles. The lowest BCUT2D eigenvalue weighted by molar-refractivity contribution is -0.148. The molecule has 1 atom stereocenters. The Morgan fingerprint density at radius 1 is 1.38 bits per heavy atom. The van der Waals surface area contributed by atoms with E-state index in [0.717, 1.165) is 13.0 Å². The fraction of sp³-hybridized carbons (Fsp3) is 0.333. The maximum Gasteiger partial charge on any atom is 0.409 e. The summed E-state index contributed by atoms with van der Waals surface area (Å²) in [4.78, 5) is 22.8. The zero-order valence-electron chi connectivity index (χ0n) is 11.9. The molecule has 0 saturated heterocycles. The maximum absolute atomic E-state index is 12.8. The van der Waals surface area contributed by atoms with E-state index in [1.807, 2.05) is 0 Å². The molecule has 0 fully saturated rings. The van der Waals surface area contributed by atoms with Crippen LogP contribution in [0.1, 0.15) is 17.3 Å². The molecule has 134 valence electrons. The van der Waals surface area contributed by atoms with Crippen LogP contribution in [0.25, 0.3) is 0 Å². The van der Waals surface area contributed by atoms with Gasteiger partial charge in [0.2, 0.25) is 0 Å². The Labute approximate surface area is 148 Å². The number of hydrogen-bond acceptors (Lipinski definition) is 5. The van der Waals surface area contributed by atoms with Gasteiger partial charge >= 0.3 is 12.1 Å². The fourth-order valence-electron chi connectivity index (χ4n) is 1.55.